The average Bonchev–Trinajstić information content (AvgIpc) is 2.59. The Hall–Kier alpha value is -1.75. The summed E-state index contributed by atoms with van der Waals surface area (Å²) >= 11 is 0. The molecule has 1 heterocycles. The van der Waals surface area contributed by atoms with Crippen LogP contribution < -0.4 is 20.1 Å². The fourth-order valence-corrected chi connectivity index (χ4v) is 2.55. The summed E-state index contributed by atoms with van der Waals surface area (Å²) in [5.74, 6) is 1.44. The van der Waals surface area contributed by atoms with E-state index in [1.54, 1.807) is 0 Å². The second kappa shape index (κ2) is 9.40. The predicted molar refractivity (Wildman–Crippen MR) is 92.3 cm³/mol. The molecule has 23 heavy (non-hydrogen) atoms. The third kappa shape index (κ3) is 5.43. The highest BCUT2D eigenvalue weighted by molar-refractivity contribution is 5.95. The maximum absolute atomic E-state index is 12.3. The number of benzene rings is 1. The summed E-state index contributed by atoms with van der Waals surface area (Å²) in [7, 11) is 0. The second-order valence-corrected chi connectivity index (χ2v) is 5.85. The molecule has 1 aromatic carbocycles. The summed E-state index contributed by atoms with van der Waals surface area (Å²) < 4.78 is 11.5. The fraction of sp³-hybridized carbons (Fsp3) is 0.611. The van der Waals surface area contributed by atoms with Crippen LogP contribution in [0.25, 0.3) is 0 Å². The molecule has 0 aromatic heterocycles. The van der Waals surface area contributed by atoms with Crippen LogP contribution in [-0.4, -0.2) is 31.7 Å². The highest BCUT2D eigenvalue weighted by atomic mass is 16.5. The average molecular weight is 320 g/mol. The number of anilines is 1. The van der Waals surface area contributed by atoms with Crippen LogP contribution in [0.2, 0.25) is 0 Å². The Morgan fingerprint density at radius 2 is 1.91 bits per heavy atom. The summed E-state index contributed by atoms with van der Waals surface area (Å²) in [5, 5.41) is 6.23. The minimum absolute atomic E-state index is 0.0216. The topological polar surface area (TPSA) is 59.6 Å². The van der Waals surface area contributed by atoms with Gasteiger partial charge in [-0.3, -0.25) is 4.79 Å². The van der Waals surface area contributed by atoms with Crippen LogP contribution in [0.3, 0.4) is 0 Å². The molecule has 5 nitrogen and oxygen atoms in total. The van der Waals surface area contributed by atoms with Crippen molar-refractivity contribution in [3.8, 4) is 11.5 Å². The van der Waals surface area contributed by atoms with Crippen LogP contribution in [0.4, 0.5) is 5.69 Å². The van der Waals surface area contributed by atoms with Crippen molar-refractivity contribution in [3.63, 3.8) is 0 Å². The molecule has 2 rings (SSSR count). The summed E-state index contributed by atoms with van der Waals surface area (Å²) in [6.45, 7) is 6.32. The van der Waals surface area contributed by atoms with Gasteiger partial charge in [-0.05, 0) is 44.4 Å². The smallest absolute Gasteiger partial charge is 0.241 e. The lowest BCUT2D eigenvalue weighted by Gasteiger charge is -2.22. The number of hydrogen-bond donors (Lipinski definition) is 2. The van der Waals surface area contributed by atoms with Gasteiger partial charge in [-0.2, -0.15) is 0 Å². The first-order valence-electron chi connectivity index (χ1n) is 8.68. The Kier molecular flexibility index (Phi) is 7.20. The molecule has 0 aliphatic carbocycles. The Morgan fingerprint density at radius 1 is 1.17 bits per heavy atom. The van der Waals surface area contributed by atoms with Crippen LogP contribution in [0, 0.1) is 0 Å². The van der Waals surface area contributed by atoms with Crippen LogP contribution >= 0.6 is 0 Å². The maximum Gasteiger partial charge on any atom is 0.241 e. The van der Waals surface area contributed by atoms with Crippen molar-refractivity contribution in [2.75, 3.05) is 25.1 Å². The van der Waals surface area contributed by atoms with Gasteiger partial charge >= 0.3 is 0 Å². The number of nitrogens with one attached hydrogen (secondary N) is 2. The van der Waals surface area contributed by atoms with E-state index in [0.29, 0.717) is 19.0 Å². The van der Waals surface area contributed by atoms with Crippen molar-refractivity contribution in [1.29, 1.82) is 0 Å². The van der Waals surface area contributed by atoms with E-state index < -0.39 is 0 Å². The van der Waals surface area contributed by atoms with Crippen molar-refractivity contribution >= 4 is 11.6 Å². The van der Waals surface area contributed by atoms with E-state index in [0.717, 1.165) is 50.1 Å². The number of carbonyl (C=O) groups excluding carboxylic acids is 1. The number of rotatable bonds is 8. The number of piperidine rings is 1. The normalized spacial score (nSPS) is 17.6. The van der Waals surface area contributed by atoms with Gasteiger partial charge in [0.05, 0.1) is 19.3 Å². The molecule has 1 aliphatic rings. The van der Waals surface area contributed by atoms with Gasteiger partial charge in [0.1, 0.15) is 0 Å². The Bertz CT molecular complexity index is 499. The lowest BCUT2D eigenvalue weighted by Crippen LogP contribution is -2.43. The standard InChI is InChI=1S/C18H28N2O3/c1-3-11-22-16-9-8-14(13-17(16)23-12-4-2)20-18(21)15-7-5-6-10-19-15/h8-9,13,15,19H,3-7,10-12H2,1-2H3,(H,20,21)/t15-/m0/s1. The summed E-state index contributed by atoms with van der Waals surface area (Å²) in [5.41, 5.74) is 0.748. The monoisotopic (exact) mass is 320 g/mol. The zero-order valence-electron chi connectivity index (χ0n) is 14.2. The van der Waals surface area contributed by atoms with Gasteiger partial charge in [-0.25, -0.2) is 0 Å². The van der Waals surface area contributed by atoms with Crippen molar-refractivity contribution < 1.29 is 14.3 Å². The van der Waals surface area contributed by atoms with Gasteiger partial charge in [-0.15, -0.1) is 0 Å². The highest BCUT2D eigenvalue weighted by Crippen LogP contribution is 2.31. The number of ether oxygens (including phenoxy) is 2. The van der Waals surface area contributed by atoms with Crippen molar-refractivity contribution in [2.24, 2.45) is 0 Å². The lowest BCUT2D eigenvalue weighted by molar-refractivity contribution is -0.118. The largest absolute Gasteiger partial charge is 0.490 e. The minimum atomic E-state index is -0.0974. The SMILES string of the molecule is CCCOc1ccc(NC(=O)[C@@H]2CCCCN2)cc1OCCC. The molecule has 0 bridgehead atoms. The second-order valence-electron chi connectivity index (χ2n) is 5.85. The Labute approximate surface area is 138 Å². The van der Waals surface area contributed by atoms with E-state index in [-0.39, 0.29) is 11.9 Å². The number of amides is 1. The molecule has 1 aromatic rings. The number of carbonyl (C=O) groups is 1. The predicted octanol–water partition coefficient (Wildman–Crippen LogP) is 3.34. The molecular formula is C18H28N2O3. The van der Waals surface area contributed by atoms with Crippen molar-refractivity contribution in [3.05, 3.63) is 18.2 Å². The molecule has 1 atom stereocenters. The molecule has 0 saturated carbocycles. The van der Waals surface area contributed by atoms with Gasteiger partial charge in [-0.1, -0.05) is 20.3 Å². The van der Waals surface area contributed by atoms with E-state index >= 15 is 0 Å². The molecule has 5 heteroatoms. The van der Waals surface area contributed by atoms with Gasteiger partial charge in [0.2, 0.25) is 5.91 Å². The van der Waals surface area contributed by atoms with Gasteiger partial charge in [0.25, 0.3) is 0 Å². The molecule has 1 saturated heterocycles. The molecule has 0 radical (unpaired) electrons. The zero-order valence-corrected chi connectivity index (χ0v) is 14.2. The van der Waals surface area contributed by atoms with E-state index in [9.17, 15) is 4.79 Å². The first-order valence-corrected chi connectivity index (χ1v) is 8.68. The molecule has 1 fully saturated rings. The fourth-order valence-electron chi connectivity index (χ4n) is 2.55. The van der Waals surface area contributed by atoms with Crippen LogP contribution in [0.5, 0.6) is 11.5 Å². The van der Waals surface area contributed by atoms with Crippen LogP contribution in [-0.2, 0) is 4.79 Å². The van der Waals surface area contributed by atoms with Gasteiger partial charge in [0, 0.05) is 11.8 Å². The minimum Gasteiger partial charge on any atom is -0.490 e. The number of hydrogen-bond acceptors (Lipinski definition) is 4. The highest BCUT2D eigenvalue weighted by Gasteiger charge is 2.20. The van der Waals surface area contributed by atoms with Gasteiger partial charge in [0.15, 0.2) is 11.5 Å². The summed E-state index contributed by atoms with van der Waals surface area (Å²) in [4.78, 5) is 12.3. The Morgan fingerprint density at radius 3 is 2.57 bits per heavy atom. The third-order valence-electron chi connectivity index (χ3n) is 3.76. The first-order chi connectivity index (χ1) is 11.2. The molecule has 128 valence electrons. The quantitative estimate of drug-likeness (QED) is 0.771. The molecule has 1 aliphatic heterocycles. The molecule has 0 spiro atoms. The maximum atomic E-state index is 12.3. The first kappa shape index (κ1) is 17.6. The van der Waals surface area contributed by atoms with E-state index in [4.69, 9.17) is 9.47 Å². The summed E-state index contributed by atoms with van der Waals surface area (Å²) in [6.07, 6.45) is 5.00. The van der Waals surface area contributed by atoms with Crippen molar-refractivity contribution in [1.82, 2.24) is 5.32 Å². The van der Waals surface area contributed by atoms with Crippen LogP contribution in [0.15, 0.2) is 18.2 Å². The Balaban J connectivity index is 2.04. The molecule has 2 N–H and O–H groups in total. The van der Waals surface area contributed by atoms with E-state index in [1.165, 1.54) is 0 Å². The summed E-state index contributed by atoms with van der Waals surface area (Å²) in [6, 6.07) is 5.48. The molecular weight excluding hydrogens is 292 g/mol. The molecule has 1 amide bonds. The van der Waals surface area contributed by atoms with Crippen LogP contribution in [0.1, 0.15) is 46.0 Å². The zero-order chi connectivity index (χ0) is 16.5. The van der Waals surface area contributed by atoms with Gasteiger partial charge < -0.3 is 20.1 Å². The van der Waals surface area contributed by atoms with E-state index in [2.05, 4.69) is 24.5 Å². The molecule has 0 unspecified atom stereocenters. The lowest BCUT2D eigenvalue weighted by atomic mass is 10.0. The third-order valence-corrected chi connectivity index (χ3v) is 3.76. The van der Waals surface area contributed by atoms with E-state index in [1.807, 2.05) is 18.2 Å². The van der Waals surface area contributed by atoms with Crippen molar-refractivity contribution in [2.45, 2.75) is 52.0 Å².